The zero-order valence-electron chi connectivity index (χ0n) is 32.3. The van der Waals surface area contributed by atoms with Gasteiger partial charge in [-0.1, -0.05) is 24.3 Å². The van der Waals surface area contributed by atoms with E-state index in [9.17, 15) is 18.6 Å². The number of fused-ring (bicyclic) bond motifs is 2. The lowest BCUT2D eigenvalue weighted by molar-refractivity contribution is -0.121. The van der Waals surface area contributed by atoms with Crippen LogP contribution in [0.4, 0.5) is 5.95 Å². The molecule has 8 rings (SSSR count). The van der Waals surface area contributed by atoms with Gasteiger partial charge in [-0.2, -0.15) is 14.6 Å². The van der Waals surface area contributed by atoms with E-state index in [4.69, 9.17) is 9.72 Å². The molecule has 2 unspecified atom stereocenters. The van der Waals surface area contributed by atoms with Crippen LogP contribution in [0.5, 0.6) is 5.75 Å². The molecule has 3 aliphatic heterocycles. The molecule has 2 saturated heterocycles. The summed E-state index contributed by atoms with van der Waals surface area (Å²) in [6, 6.07) is 13.5. The summed E-state index contributed by atoms with van der Waals surface area (Å²) in [5.74, 6) is 1.06. The molecule has 2 aromatic carbocycles. The van der Waals surface area contributed by atoms with Crippen molar-refractivity contribution in [3.05, 3.63) is 83.4 Å². The summed E-state index contributed by atoms with van der Waals surface area (Å²) in [5, 5.41) is 17.5. The monoisotopic (exact) mass is 793 g/mol. The quantitative estimate of drug-likeness (QED) is 0.132. The Hall–Kier alpha value is -5.52. The molecule has 3 N–H and O–H groups in total. The number of piperidine rings is 1. The third-order valence-corrected chi connectivity index (χ3v) is 12.4. The number of likely N-dealkylation sites (tertiary alicyclic amines) is 1. The van der Waals surface area contributed by atoms with Crippen molar-refractivity contribution in [2.75, 3.05) is 38.5 Å². The lowest BCUT2D eigenvalue weighted by Gasteiger charge is -2.40. The molecule has 17 heteroatoms. The highest BCUT2D eigenvalue weighted by molar-refractivity contribution is 7.82. The average Bonchev–Trinajstić information content (AvgIpc) is 3.96. The Balaban J connectivity index is 0.830. The van der Waals surface area contributed by atoms with Crippen LogP contribution in [0.25, 0.3) is 16.9 Å². The van der Waals surface area contributed by atoms with Gasteiger partial charge in [-0.3, -0.25) is 19.6 Å². The van der Waals surface area contributed by atoms with Gasteiger partial charge in [0.25, 0.3) is 5.91 Å². The Morgan fingerprint density at radius 3 is 2.70 bits per heavy atom. The number of aldehydes is 1. The van der Waals surface area contributed by atoms with E-state index in [2.05, 4.69) is 54.0 Å². The number of amides is 2. The Morgan fingerprint density at radius 2 is 1.96 bits per heavy atom. The van der Waals surface area contributed by atoms with E-state index in [0.29, 0.717) is 60.6 Å². The van der Waals surface area contributed by atoms with Crippen LogP contribution in [0.1, 0.15) is 72.5 Å². The first kappa shape index (κ1) is 38.4. The predicted molar refractivity (Wildman–Crippen MR) is 213 cm³/mol. The van der Waals surface area contributed by atoms with Crippen LogP contribution in [0.15, 0.2) is 66.1 Å². The largest absolute Gasteiger partial charge is 0.485 e. The number of rotatable bonds is 15. The number of anilines is 1. The first-order valence-corrected chi connectivity index (χ1v) is 20.5. The average molecular weight is 794 g/mol. The number of carbonyl (C=O) groups is 3. The molecule has 2 fully saturated rings. The standard InChI is InChI=1S/C40H47N11O5S/c1-25(2)56-37-36(29-17-43-44-18-29)42-24-51-38(37)46-40(47-51)45-31-11-13-49(14-12-31)57(55)33-6-4-5-26(15-33)19-48-20-30(21-48)27-7-9-34-28(16-27)22-50(39(34)54)32(23-52)8-10-35(53)41-3/h4-7,9,15-18,23-25,30-32H,8,10-14,19-22H2,1-3H3,(H,41,53)(H,43,44)(H,45,47). The van der Waals surface area contributed by atoms with Gasteiger partial charge in [-0.15, -0.1) is 5.10 Å². The second-order valence-corrected chi connectivity index (χ2v) is 16.7. The fraction of sp³-hybridized carbons (Fsp3) is 0.425. The number of nitrogens with zero attached hydrogens (tertiary/aromatic N) is 8. The third kappa shape index (κ3) is 8.17. The minimum Gasteiger partial charge on any atom is -0.485 e. The van der Waals surface area contributed by atoms with Crippen molar-refractivity contribution in [1.29, 1.82) is 0 Å². The molecule has 57 heavy (non-hydrogen) atoms. The Bertz CT molecular complexity index is 2280. The van der Waals surface area contributed by atoms with Gasteiger partial charge in [0, 0.05) is 82.0 Å². The van der Waals surface area contributed by atoms with Gasteiger partial charge in [-0.25, -0.2) is 13.5 Å². The summed E-state index contributed by atoms with van der Waals surface area (Å²) in [5.41, 5.74) is 5.86. The topological polar surface area (TPSA) is 183 Å². The van der Waals surface area contributed by atoms with E-state index in [1.807, 2.05) is 42.4 Å². The van der Waals surface area contributed by atoms with Crippen LogP contribution in [0, 0.1) is 0 Å². The molecule has 6 heterocycles. The first-order chi connectivity index (χ1) is 27.7. The maximum Gasteiger partial charge on any atom is 0.255 e. The molecule has 16 nitrogen and oxygen atoms in total. The third-order valence-electron chi connectivity index (χ3n) is 10.9. The zero-order valence-corrected chi connectivity index (χ0v) is 33.1. The fourth-order valence-electron chi connectivity index (χ4n) is 7.83. The molecular formula is C40H47N11O5S. The molecule has 2 atom stereocenters. The maximum atomic E-state index is 13.8. The molecule has 0 bridgehead atoms. The summed E-state index contributed by atoms with van der Waals surface area (Å²) in [6.45, 7) is 8.13. The number of H-pyrrole nitrogens is 1. The smallest absolute Gasteiger partial charge is 0.255 e. The summed E-state index contributed by atoms with van der Waals surface area (Å²) in [4.78, 5) is 50.8. The van der Waals surface area contributed by atoms with Crippen LogP contribution in [0.3, 0.4) is 0 Å². The molecule has 3 aliphatic rings. The summed E-state index contributed by atoms with van der Waals surface area (Å²) in [6.07, 6.45) is 7.82. The molecule has 0 saturated carbocycles. The SMILES string of the molecule is CNC(=O)CCC(C=O)N1Cc2cc(C3CN(Cc4cccc(S(=O)N5CCC(Nc6nc7c(OC(C)C)c(-c8cn[nH]c8)ncn7n6)CC5)c4)C3)ccc2C1=O. The summed E-state index contributed by atoms with van der Waals surface area (Å²) >= 11 is 0. The van der Waals surface area contributed by atoms with Gasteiger partial charge in [0.1, 0.15) is 29.3 Å². The number of aromatic amines is 1. The van der Waals surface area contributed by atoms with E-state index >= 15 is 0 Å². The Morgan fingerprint density at radius 1 is 1.14 bits per heavy atom. The lowest BCUT2D eigenvalue weighted by Crippen LogP contribution is -2.44. The second-order valence-electron chi connectivity index (χ2n) is 15.2. The minimum atomic E-state index is -1.28. The normalized spacial score (nSPS) is 17.8. The number of aromatic nitrogens is 6. The first-order valence-electron chi connectivity index (χ1n) is 19.4. The van der Waals surface area contributed by atoms with Crippen molar-refractivity contribution >= 4 is 40.7 Å². The molecule has 0 aliphatic carbocycles. The molecule has 3 aromatic heterocycles. The van der Waals surface area contributed by atoms with E-state index in [0.717, 1.165) is 60.3 Å². The number of benzene rings is 2. The van der Waals surface area contributed by atoms with E-state index in [1.54, 1.807) is 35.2 Å². The van der Waals surface area contributed by atoms with Gasteiger partial charge >= 0.3 is 0 Å². The number of hydrogen-bond acceptors (Lipinski definition) is 11. The van der Waals surface area contributed by atoms with E-state index in [1.165, 1.54) is 5.56 Å². The van der Waals surface area contributed by atoms with Gasteiger partial charge in [0.2, 0.25) is 17.5 Å². The zero-order chi connectivity index (χ0) is 39.6. The summed E-state index contributed by atoms with van der Waals surface area (Å²) in [7, 11) is 0.274. The maximum absolute atomic E-state index is 13.8. The molecule has 0 spiro atoms. The van der Waals surface area contributed by atoms with Gasteiger partial charge < -0.3 is 25.1 Å². The predicted octanol–water partition coefficient (Wildman–Crippen LogP) is 3.55. The van der Waals surface area contributed by atoms with Crippen molar-refractivity contribution in [2.45, 2.75) is 81.6 Å². The van der Waals surface area contributed by atoms with Crippen LogP contribution < -0.4 is 15.4 Å². The highest BCUT2D eigenvalue weighted by Gasteiger charge is 2.35. The van der Waals surface area contributed by atoms with Crippen LogP contribution in [-0.4, -0.2) is 118 Å². The minimum absolute atomic E-state index is 0.0882. The van der Waals surface area contributed by atoms with Crippen LogP contribution in [0.2, 0.25) is 0 Å². The van der Waals surface area contributed by atoms with Crippen molar-refractivity contribution < 1.29 is 23.3 Å². The lowest BCUT2D eigenvalue weighted by atomic mass is 9.89. The van der Waals surface area contributed by atoms with E-state index in [-0.39, 0.29) is 30.4 Å². The number of carbonyl (C=O) groups excluding carboxylic acids is 3. The molecular weight excluding hydrogens is 747 g/mol. The Kier molecular flexibility index (Phi) is 11.1. The van der Waals surface area contributed by atoms with Crippen molar-refractivity contribution in [1.82, 2.24) is 49.2 Å². The van der Waals surface area contributed by atoms with Gasteiger partial charge in [0.15, 0.2) is 5.75 Å². The molecule has 0 radical (unpaired) electrons. The molecule has 298 valence electrons. The van der Waals surface area contributed by atoms with Gasteiger partial charge in [0.05, 0.1) is 23.2 Å². The van der Waals surface area contributed by atoms with Crippen LogP contribution in [-0.2, 0) is 33.7 Å². The molecule has 2 amide bonds. The number of nitrogens with one attached hydrogen (secondary N) is 3. The highest BCUT2D eigenvalue weighted by atomic mass is 32.2. The summed E-state index contributed by atoms with van der Waals surface area (Å²) < 4.78 is 23.6. The van der Waals surface area contributed by atoms with Crippen molar-refractivity contribution in [3.63, 3.8) is 0 Å². The fourth-order valence-corrected chi connectivity index (χ4v) is 9.12. The number of ether oxygens (including phenoxy) is 1. The number of hydrogen-bond donors (Lipinski definition) is 3. The van der Waals surface area contributed by atoms with Gasteiger partial charge in [-0.05, 0) is 68.0 Å². The molecule has 5 aromatic rings. The second kappa shape index (κ2) is 16.5. The van der Waals surface area contributed by atoms with E-state index < -0.39 is 17.0 Å². The van der Waals surface area contributed by atoms with Crippen molar-refractivity contribution in [3.8, 4) is 17.0 Å². The highest BCUT2D eigenvalue weighted by Crippen LogP contribution is 2.34. The van der Waals surface area contributed by atoms with Crippen molar-refractivity contribution in [2.24, 2.45) is 0 Å². The van der Waals surface area contributed by atoms with Crippen LogP contribution >= 0.6 is 0 Å². The Labute approximate surface area is 333 Å².